The third-order valence-electron chi connectivity index (χ3n) is 7.43. The Morgan fingerprint density at radius 2 is 1.63 bits per heavy atom. The number of carbonyl (C=O) groups excluding carboxylic acids is 2. The summed E-state index contributed by atoms with van der Waals surface area (Å²) in [5.41, 5.74) is 0.641. The minimum absolute atomic E-state index is 0.0147. The van der Waals surface area contributed by atoms with Crippen LogP contribution < -0.4 is 5.32 Å². The van der Waals surface area contributed by atoms with Gasteiger partial charge in [0.2, 0.25) is 11.8 Å². The molecule has 1 N–H and O–H groups in total. The summed E-state index contributed by atoms with van der Waals surface area (Å²) in [6, 6.07) is 6.31. The standard InChI is InChI=1S/C24H34FN3O2/c1-27-16-19(23(29)26-21-9-7-20(25)8-10-21)15-22(27)17-11-13-28(14-12-17)24(30)18-5-3-2-4-6-18/h7-10,17-19,22H,2-6,11-16H2,1H3,(H,26,29). The molecule has 0 bridgehead atoms. The Labute approximate surface area is 179 Å². The lowest BCUT2D eigenvalue weighted by Crippen LogP contribution is -2.45. The number of carbonyl (C=O) groups is 2. The molecule has 4 rings (SSSR count). The van der Waals surface area contributed by atoms with Crippen LogP contribution in [0.25, 0.3) is 0 Å². The SMILES string of the molecule is CN1CC(C(=O)Nc2ccc(F)cc2)CC1C1CCN(C(=O)C2CCCCC2)CC1. The van der Waals surface area contributed by atoms with E-state index < -0.39 is 0 Å². The molecule has 2 unspecified atom stereocenters. The van der Waals surface area contributed by atoms with Crippen LogP contribution in [0.2, 0.25) is 0 Å². The smallest absolute Gasteiger partial charge is 0.228 e. The third kappa shape index (κ3) is 4.85. The first-order valence-electron chi connectivity index (χ1n) is 11.6. The van der Waals surface area contributed by atoms with E-state index in [0.717, 1.165) is 51.7 Å². The van der Waals surface area contributed by atoms with Crippen LogP contribution in [0.1, 0.15) is 51.4 Å². The highest BCUT2D eigenvalue weighted by Gasteiger charge is 2.40. The molecule has 1 aromatic rings. The Morgan fingerprint density at radius 3 is 2.30 bits per heavy atom. The number of nitrogens with zero attached hydrogens (tertiary/aromatic N) is 2. The van der Waals surface area contributed by atoms with Gasteiger partial charge in [0.15, 0.2) is 0 Å². The number of hydrogen-bond acceptors (Lipinski definition) is 3. The Balaban J connectivity index is 1.27. The maximum absolute atomic E-state index is 13.1. The van der Waals surface area contributed by atoms with Crippen molar-refractivity contribution in [3.63, 3.8) is 0 Å². The molecule has 0 aromatic heterocycles. The van der Waals surface area contributed by atoms with Gasteiger partial charge in [0.25, 0.3) is 0 Å². The number of hydrogen-bond donors (Lipinski definition) is 1. The van der Waals surface area contributed by atoms with E-state index >= 15 is 0 Å². The normalized spacial score (nSPS) is 26.7. The van der Waals surface area contributed by atoms with Gasteiger partial charge < -0.3 is 15.1 Å². The lowest BCUT2D eigenvalue weighted by Gasteiger charge is -2.38. The maximum Gasteiger partial charge on any atom is 0.228 e. The molecule has 1 aliphatic carbocycles. The van der Waals surface area contributed by atoms with Crippen molar-refractivity contribution in [3.8, 4) is 0 Å². The minimum Gasteiger partial charge on any atom is -0.342 e. The number of nitrogens with one attached hydrogen (secondary N) is 1. The molecule has 6 heteroatoms. The van der Waals surface area contributed by atoms with E-state index in [1.54, 1.807) is 12.1 Å². The number of amides is 2. The van der Waals surface area contributed by atoms with Crippen LogP contribution in [0.15, 0.2) is 24.3 Å². The fourth-order valence-corrected chi connectivity index (χ4v) is 5.66. The molecule has 3 fully saturated rings. The van der Waals surface area contributed by atoms with Crippen molar-refractivity contribution in [2.75, 3.05) is 32.0 Å². The molecule has 164 valence electrons. The fourth-order valence-electron chi connectivity index (χ4n) is 5.66. The van der Waals surface area contributed by atoms with E-state index in [1.807, 2.05) is 0 Å². The van der Waals surface area contributed by atoms with Gasteiger partial charge in [0, 0.05) is 37.3 Å². The van der Waals surface area contributed by atoms with Gasteiger partial charge in [0.05, 0.1) is 5.92 Å². The van der Waals surface area contributed by atoms with Gasteiger partial charge in [-0.3, -0.25) is 9.59 Å². The van der Waals surface area contributed by atoms with Crippen molar-refractivity contribution in [1.29, 1.82) is 0 Å². The summed E-state index contributed by atoms with van der Waals surface area (Å²) in [5.74, 6) is 0.831. The van der Waals surface area contributed by atoms with Crippen molar-refractivity contribution in [2.45, 2.75) is 57.4 Å². The number of likely N-dealkylation sites (tertiary alicyclic amines) is 2. The second-order valence-electron chi connectivity index (χ2n) is 9.43. The zero-order chi connectivity index (χ0) is 21.1. The highest BCUT2D eigenvalue weighted by Crippen LogP contribution is 2.34. The molecular weight excluding hydrogens is 381 g/mol. The number of rotatable bonds is 4. The Bertz CT molecular complexity index is 739. The Kier molecular flexibility index (Phi) is 6.71. The summed E-state index contributed by atoms with van der Waals surface area (Å²) in [5, 5.41) is 2.93. The van der Waals surface area contributed by atoms with E-state index in [-0.39, 0.29) is 23.6 Å². The summed E-state index contributed by atoms with van der Waals surface area (Å²) < 4.78 is 13.1. The van der Waals surface area contributed by atoms with Gasteiger partial charge in [0.1, 0.15) is 5.82 Å². The molecular formula is C24H34FN3O2. The molecule has 2 heterocycles. The lowest BCUT2D eigenvalue weighted by atomic mass is 9.84. The molecule has 2 saturated heterocycles. The highest BCUT2D eigenvalue weighted by atomic mass is 19.1. The second kappa shape index (κ2) is 9.46. The van der Waals surface area contributed by atoms with Gasteiger partial charge in [-0.05, 0) is 69.3 Å². The largest absolute Gasteiger partial charge is 0.342 e. The molecule has 1 saturated carbocycles. The number of halogens is 1. The molecule has 2 amide bonds. The lowest BCUT2D eigenvalue weighted by molar-refractivity contribution is -0.138. The van der Waals surface area contributed by atoms with Gasteiger partial charge in [-0.25, -0.2) is 4.39 Å². The monoisotopic (exact) mass is 415 g/mol. The van der Waals surface area contributed by atoms with Crippen LogP contribution in [-0.2, 0) is 9.59 Å². The zero-order valence-corrected chi connectivity index (χ0v) is 18.0. The van der Waals surface area contributed by atoms with Crippen molar-refractivity contribution in [3.05, 3.63) is 30.1 Å². The fraction of sp³-hybridized carbons (Fsp3) is 0.667. The van der Waals surface area contributed by atoms with Gasteiger partial charge >= 0.3 is 0 Å². The van der Waals surface area contributed by atoms with Crippen molar-refractivity contribution >= 4 is 17.5 Å². The van der Waals surface area contributed by atoms with Crippen LogP contribution >= 0.6 is 0 Å². The molecule has 3 aliphatic rings. The van der Waals surface area contributed by atoms with Crippen LogP contribution in [-0.4, -0.2) is 54.3 Å². The van der Waals surface area contributed by atoms with Crippen LogP contribution in [0.5, 0.6) is 0 Å². The predicted molar refractivity (Wildman–Crippen MR) is 115 cm³/mol. The summed E-state index contributed by atoms with van der Waals surface area (Å²) in [7, 11) is 2.11. The minimum atomic E-state index is -0.304. The second-order valence-corrected chi connectivity index (χ2v) is 9.43. The van der Waals surface area contributed by atoms with E-state index in [1.165, 1.54) is 31.4 Å². The zero-order valence-electron chi connectivity index (χ0n) is 18.0. The number of anilines is 1. The van der Waals surface area contributed by atoms with Crippen LogP contribution in [0, 0.1) is 23.6 Å². The summed E-state index contributed by atoms with van der Waals surface area (Å²) in [6.07, 6.45) is 8.70. The average molecular weight is 416 g/mol. The number of benzene rings is 1. The molecule has 5 nitrogen and oxygen atoms in total. The first-order valence-corrected chi connectivity index (χ1v) is 11.6. The highest BCUT2D eigenvalue weighted by molar-refractivity contribution is 5.92. The summed E-state index contributed by atoms with van der Waals surface area (Å²) in [6.45, 7) is 2.46. The predicted octanol–water partition coefficient (Wildman–Crippen LogP) is 3.90. The summed E-state index contributed by atoms with van der Waals surface area (Å²) in [4.78, 5) is 29.9. The molecule has 0 radical (unpaired) electrons. The molecule has 1 aromatic carbocycles. The topological polar surface area (TPSA) is 52.7 Å². The van der Waals surface area contributed by atoms with Crippen LogP contribution in [0.3, 0.4) is 0 Å². The Hall–Kier alpha value is -1.95. The van der Waals surface area contributed by atoms with E-state index in [2.05, 4.69) is 22.2 Å². The molecule has 30 heavy (non-hydrogen) atoms. The first-order chi connectivity index (χ1) is 14.5. The van der Waals surface area contributed by atoms with Gasteiger partial charge in [-0.2, -0.15) is 0 Å². The van der Waals surface area contributed by atoms with Gasteiger partial charge in [-0.1, -0.05) is 19.3 Å². The molecule has 0 spiro atoms. The van der Waals surface area contributed by atoms with E-state index in [9.17, 15) is 14.0 Å². The van der Waals surface area contributed by atoms with Crippen molar-refractivity contribution in [2.24, 2.45) is 17.8 Å². The van der Waals surface area contributed by atoms with Crippen molar-refractivity contribution in [1.82, 2.24) is 9.80 Å². The number of piperidine rings is 1. The first kappa shape index (κ1) is 21.3. The van der Waals surface area contributed by atoms with Crippen LogP contribution in [0.4, 0.5) is 10.1 Å². The Morgan fingerprint density at radius 1 is 0.967 bits per heavy atom. The maximum atomic E-state index is 13.1. The summed E-state index contributed by atoms with van der Waals surface area (Å²) >= 11 is 0. The quantitative estimate of drug-likeness (QED) is 0.811. The van der Waals surface area contributed by atoms with Crippen molar-refractivity contribution < 1.29 is 14.0 Å². The average Bonchev–Trinajstić information content (AvgIpc) is 3.17. The molecule has 2 aliphatic heterocycles. The van der Waals surface area contributed by atoms with E-state index in [4.69, 9.17) is 0 Å². The molecule has 2 atom stereocenters. The van der Waals surface area contributed by atoms with Gasteiger partial charge in [-0.15, -0.1) is 0 Å². The van der Waals surface area contributed by atoms with E-state index in [0.29, 0.717) is 23.6 Å². The third-order valence-corrected chi connectivity index (χ3v) is 7.43.